The van der Waals surface area contributed by atoms with Crippen molar-refractivity contribution in [1.82, 2.24) is 15.5 Å². The van der Waals surface area contributed by atoms with Crippen molar-refractivity contribution < 1.29 is 24.2 Å². The van der Waals surface area contributed by atoms with Crippen molar-refractivity contribution in [1.29, 1.82) is 0 Å². The summed E-state index contributed by atoms with van der Waals surface area (Å²) in [5, 5.41) is 15.0. The minimum absolute atomic E-state index is 0.121. The Morgan fingerprint density at radius 3 is 2.60 bits per heavy atom. The molecule has 0 aromatic rings. The van der Waals surface area contributed by atoms with Crippen LogP contribution in [0.25, 0.3) is 0 Å². The summed E-state index contributed by atoms with van der Waals surface area (Å²) in [6.07, 6.45) is 8.62. The van der Waals surface area contributed by atoms with E-state index in [9.17, 15) is 14.4 Å². The Bertz CT molecular complexity index is 680. The van der Waals surface area contributed by atoms with Crippen LogP contribution in [0, 0.1) is 11.8 Å². The predicted octanol–water partition coefficient (Wildman–Crippen LogP) is 0.719. The molecule has 4 aliphatic rings. The van der Waals surface area contributed by atoms with E-state index in [1.165, 1.54) is 6.42 Å². The normalized spacial score (nSPS) is 35.5. The molecule has 1 saturated carbocycles. The fourth-order valence-electron chi connectivity index (χ4n) is 6.26. The van der Waals surface area contributed by atoms with Crippen LogP contribution in [0.3, 0.4) is 0 Å². The summed E-state index contributed by atoms with van der Waals surface area (Å²) in [5.41, 5.74) is -0.894. The van der Waals surface area contributed by atoms with Gasteiger partial charge in [0.15, 0.2) is 0 Å². The quantitative estimate of drug-likeness (QED) is 0.501. The molecular weight excluding hydrogens is 386 g/mol. The molecule has 0 aromatic carbocycles. The number of nitrogens with one attached hydrogen (secondary N) is 2. The van der Waals surface area contributed by atoms with E-state index in [4.69, 9.17) is 9.84 Å². The number of fused-ring (bicyclic) bond motifs is 1. The van der Waals surface area contributed by atoms with E-state index in [2.05, 4.69) is 10.6 Å². The number of hydrogen-bond acceptors (Lipinski definition) is 5. The van der Waals surface area contributed by atoms with Crippen molar-refractivity contribution in [2.75, 3.05) is 20.2 Å². The topological polar surface area (TPSA) is 108 Å². The monoisotopic (exact) mass is 421 g/mol. The summed E-state index contributed by atoms with van der Waals surface area (Å²) < 4.78 is 6.35. The van der Waals surface area contributed by atoms with E-state index >= 15 is 0 Å². The molecule has 8 heteroatoms. The van der Waals surface area contributed by atoms with Gasteiger partial charge in [-0.05, 0) is 44.9 Å². The number of aliphatic hydroxyl groups excluding tert-OH is 1. The number of carbonyl (C=O) groups excluding carboxylic acids is 3. The SMILES string of the molecule is CNC(=O)[C@@H]1[C@H]2C(=O)N(CCCCCO)C(C(=O)NC3CCCCC3)C23CC[C@H]1O3. The zero-order chi connectivity index (χ0) is 21.3. The zero-order valence-corrected chi connectivity index (χ0v) is 17.9. The fraction of sp³-hybridized carbons (Fsp3) is 0.864. The smallest absolute Gasteiger partial charge is 0.246 e. The number of likely N-dealkylation sites (tertiary alicyclic amines) is 1. The van der Waals surface area contributed by atoms with Gasteiger partial charge in [0.1, 0.15) is 11.6 Å². The van der Waals surface area contributed by atoms with Crippen LogP contribution in [0.15, 0.2) is 0 Å². The first-order valence-corrected chi connectivity index (χ1v) is 11.6. The molecule has 30 heavy (non-hydrogen) atoms. The van der Waals surface area contributed by atoms with E-state index in [-0.39, 0.29) is 36.5 Å². The van der Waals surface area contributed by atoms with Gasteiger partial charge < -0.3 is 25.4 Å². The number of ether oxygens (including phenoxy) is 1. The highest BCUT2D eigenvalue weighted by Crippen LogP contribution is 2.58. The Morgan fingerprint density at radius 1 is 1.13 bits per heavy atom. The fourth-order valence-corrected chi connectivity index (χ4v) is 6.26. The summed E-state index contributed by atoms with van der Waals surface area (Å²) in [6.45, 7) is 0.573. The third-order valence-electron chi connectivity index (χ3n) is 7.61. The molecule has 3 amide bonds. The first-order valence-electron chi connectivity index (χ1n) is 11.6. The van der Waals surface area contributed by atoms with Crippen LogP contribution in [-0.2, 0) is 19.1 Å². The van der Waals surface area contributed by atoms with E-state index in [1.54, 1.807) is 11.9 Å². The number of unbranched alkanes of at least 4 members (excludes halogenated alkanes) is 2. The van der Waals surface area contributed by atoms with Crippen LogP contribution < -0.4 is 10.6 Å². The molecule has 168 valence electrons. The molecule has 0 radical (unpaired) electrons. The first kappa shape index (κ1) is 21.6. The van der Waals surface area contributed by atoms with Crippen LogP contribution in [-0.4, -0.2) is 71.7 Å². The second-order valence-corrected chi connectivity index (χ2v) is 9.33. The van der Waals surface area contributed by atoms with E-state index in [1.807, 2.05) is 0 Å². The van der Waals surface area contributed by atoms with Crippen molar-refractivity contribution in [2.45, 2.75) is 88.0 Å². The molecule has 4 rings (SSSR count). The van der Waals surface area contributed by atoms with E-state index < -0.39 is 23.5 Å². The van der Waals surface area contributed by atoms with Gasteiger partial charge >= 0.3 is 0 Å². The van der Waals surface area contributed by atoms with Crippen LogP contribution in [0.2, 0.25) is 0 Å². The average molecular weight is 422 g/mol. The Morgan fingerprint density at radius 2 is 1.90 bits per heavy atom. The van der Waals surface area contributed by atoms with E-state index in [0.717, 1.165) is 38.5 Å². The molecule has 3 aliphatic heterocycles. The Kier molecular flexibility index (Phi) is 6.34. The van der Waals surface area contributed by atoms with Gasteiger partial charge in [0.25, 0.3) is 0 Å². The molecule has 8 nitrogen and oxygen atoms in total. The Labute approximate surface area is 178 Å². The molecule has 3 heterocycles. The van der Waals surface area contributed by atoms with Crippen molar-refractivity contribution in [3.8, 4) is 0 Å². The summed E-state index contributed by atoms with van der Waals surface area (Å²) >= 11 is 0. The van der Waals surface area contributed by atoms with Gasteiger partial charge in [-0.3, -0.25) is 14.4 Å². The van der Waals surface area contributed by atoms with Gasteiger partial charge in [0.05, 0.1) is 17.9 Å². The van der Waals surface area contributed by atoms with Crippen molar-refractivity contribution >= 4 is 17.7 Å². The maximum Gasteiger partial charge on any atom is 0.246 e. The Hall–Kier alpha value is -1.67. The van der Waals surface area contributed by atoms with Crippen LogP contribution in [0.1, 0.15) is 64.2 Å². The lowest BCUT2D eigenvalue weighted by molar-refractivity contribution is -0.142. The lowest BCUT2D eigenvalue weighted by Crippen LogP contribution is -2.57. The number of rotatable bonds is 8. The number of amides is 3. The largest absolute Gasteiger partial charge is 0.396 e. The van der Waals surface area contributed by atoms with Crippen molar-refractivity contribution in [2.24, 2.45) is 11.8 Å². The van der Waals surface area contributed by atoms with E-state index in [0.29, 0.717) is 25.8 Å². The molecule has 1 aliphatic carbocycles. The standard InChI is InChI=1S/C22H35N3O5/c1-23-19(27)16-15-10-11-22(30-15)17(16)21(29)25(12-6-3-7-13-26)18(22)20(28)24-14-8-4-2-5-9-14/h14-18,26H,2-13H2,1H3,(H,23,27)(H,24,28)/t15-,16+,17+,18?,22?/m1/s1. The molecular formula is C22H35N3O5. The highest BCUT2D eigenvalue weighted by Gasteiger charge is 2.74. The summed E-state index contributed by atoms with van der Waals surface area (Å²) in [5.74, 6) is -1.54. The Balaban J connectivity index is 1.59. The average Bonchev–Trinajstić information content (AvgIpc) is 3.39. The maximum atomic E-state index is 13.5. The molecule has 5 atom stereocenters. The van der Waals surface area contributed by atoms with Crippen molar-refractivity contribution in [3.63, 3.8) is 0 Å². The van der Waals surface area contributed by atoms with Crippen LogP contribution >= 0.6 is 0 Å². The van der Waals surface area contributed by atoms with Gasteiger partial charge in [-0.25, -0.2) is 0 Å². The second kappa shape index (κ2) is 8.83. The third kappa shape index (κ3) is 3.51. The molecule has 3 saturated heterocycles. The zero-order valence-electron chi connectivity index (χ0n) is 17.9. The molecule has 2 bridgehead atoms. The highest BCUT2D eigenvalue weighted by molar-refractivity contribution is 5.98. The highest BCUT2D eigenvalue weighted by atomic mass is 16.5. The van der Waals surface area contributed by atoms with Crippen molar-refractivity contribution in [3.05, 3.63) is 0 Å². The number of nitrogens with zero attached hydrogens (tertiary/aromatic N) is 1. The van der Waals surface area contributed by atoms with Gasteiger partial charge in [0.2, 0.25) is 17.7 Å². The predicted molar refractivity (Wildman–Crippen MR) is 109 cm³/mol. The number of hydrogen-bond donors (Lipinski definition) is 3. The molecule has 0 aromatic heterocycles. The summed E-state index contributed by atoms with van der Waals surface area (Å²) in [7, 11) is 1.58. The lowest BCUT2D eigenvalue weighted by Gasteiger charge is -2.35. The minimum atomic E-state index is -0.894. The second-order valence-electron chi connectivity index (χ2n) is 9.33. The number of carbonyl (C=O) groups is 3. The maximum absolute atomic E-state index is 13.5. The summed E-state index contributed by atoms with van der Waals surface area (Å²) in [6, 6.07) is -0.521. The third-order valence-corrected chi connectivity index (χ3v) is 7.61. The molecule has 1 spiro atoms. The number of aliphatic hydroxyl groups is 1. The van der Waals surface area contributed by atoms with Crippen LogP contribution in [0.4, 0.5) is 0 Å². The molecule has 4 fully saturated rings. The summed E-state index contributed by atoms with van der Waals surface area (Å²) in [4.78, 5) is 41.3. The molecule has 3 N–H and O–H groups in total. The van der Waals surface area contributed by atoms with Gasteiger partial charge in [-0.1, -0.05) is 19.3 Å². The van der Waals surface area contributed by atoms with Gasteiger partial charge in [0, 0.05) is 26.2 Å². The molecule has 2 unspecified atom stereocenters. The van der Waals surface area contributed by atoms with Crippen LogP contribution in [0.5, 0.6) is 0 Å². The minimum Gasteiger partial charge on any atom is -0.396 e. The van der Waals surface area contributed by atoms with Gasteiger partial charge in [-0.15, -0.1) is 0 Å². The first-order chi connectivity index (χ1) is 14.5. The lowest BCUT2D eigenvalue weighted by atomic mass is 9.70. The van der Waals surface area contributed by atoms with Gasteiger partial charge in [-0.2, -0.15) is 0 Å².